The number of pyridine rings is 1. The van der Waals surface area contributed by atoms with E-state index < -0.39 is 18.3 Å². The summed E-state index contributed by atoms with van der Waals surface area (Å²) in [6, 6.07) is 1.33. The van der Waals surface area contributed by atoms with Gasteiger partial charge in [0.25, 0.3) is 0 Å². The molecule has 0 aliphatic carbocycles. The summed E-state index contributed by atoms with van der Waals surface area (Å²) >= 11 is 0. The first-order chi connectivity index (χ1) is 9.28. The smallest absolute Gasteiger partial charge is 0.399 e. The molecule has 2 rings (SSSR count). The summed E-state index contributed by atoms with van der Waals surface area (Å²) in [5.74, 6) is 0.127. The lowest BCUT2D eigenvalue weighted by atomic mass is 9.78. The third kappa shape index (κ3) is 2.67. The fourth-order valence-corrected chi connectivity index (χ4v) is 2.02. The van der Waals surface area contributed by atoms with Gasteiger partial charge in [-0.2, -0.15) is 0 Å². The maximum Gasteiger partial charge on any atom is 0.501 e. The van der Waals surface area contributed by atoms with Crippen LogP contribution in [0.5, 0.6) is 0 Å². The van der Waals surface area contributed by atoms with Gasteiger partial charge in [0.15, 0.2) is 0 Å². The normalized spacial score (nSPS) is 20.2. The molecule has 4 nitrogen and oxygen atoms in total. The minimum Gasteiger partial charge on any atom is -0.399 e. The van der Waals surface area contributed by atoms with Gasteiger partial charge < -0.3 is 14.6 Å². The lowest BCUT2D eigenvalue weighted by Gasteiger charge is -2.32. The molecule has 1 aromatic rings. The van der Waals surface area contributed by atoms with Gasteiger partial charge in [-0.15, -0.1) is 0 Å². The van der Waals surface area contributed by atoms with Gasteiger partial charge in [0.2, 0.25) is 0 Å². The molecule has 1 saturated heterocycles. The summed E-state index contributed by atoms with van der Waals surface area (Å²) in [7, 11) is -0.743. The van der Waals surface area contributed by atoms with Crippen molar-refractivity contribution in [2.24, 2.45) is 0 Å². The van der Waals surface area contributed by atoms with Crippen LogP contribution < -0.4 is 10.8 Å². The van der Waals surface area contributed by atoms with E-state index in [1.807, 2.05) is 34.6 Å². The zero-order chi connectivity index (χ0) is 15.0. The molecule has 6 heteroatoms. The van der Waals surface area contributed by atoms with E-state index in [0.717, 1.165) is 13.0 Å². The van der Waals surface area contributed by atoms with Crippen LogP contribution in [0, 0.1) is 5.82 Å². The van der Waals surface area contributed by atoms with E-state index in [4.69, 9.17) is 9.31 Å². The van der Waals surface area contributed by atoms with E-state index in [1.54, 1.807) is 0 Å². The van der Waals surface area contributed by atoms with Crippen molar-refractivity contribution in [2.75, 3.05) is 11.9 Å². The first-order valence-electron chi connectivity index (χ1n) is 7.02. The molecule has 0 saturated carbocycles. The van der Waals surface area contributed by atoms with Crippen LogP contribution in [0.4, 0.5) is 10.2 Å². The highest BCUT2D eigenvalue weighted by Crippen LogP contribution is 2.37. The first kappa shape index (κ1) is 15.3. The Morgan fingerprint density at radius 2 is 1.85 bits per heavy atom. The lowest BCUT2D eigenvalue weighted by molar-refractivity contribution is 0.00578. The molecular weight excluding hydrogens is 258 g/mol. The van der Waals surface area contributed by atoms with Crippen molar-refractivity contribution in [3.05, 3.63) is 18.1 Å². The van der Waals surface area contributed by atoms with Crippen LogP contribution in [0.3, 0.4) is 0 Å². The fraction of sp³-hybridized carbons (Fsp3) is 0.643. The minimum atomic E-state index is -0.743. The Morgan fingerprint density at radius 3 is 2.40 bits per heavy atom. The number of nitrogens with zero attached hydrogens (tertiary/aromatic N) is 1. The molecule has 1 fully saturated rings. The third-order valence-corrected chi connectivity index (χ3v) is 3.97. The molecule has 1 aliphatic rings. The number of rotatable bonds is 4. The molecule has 1 aliphatic heterocycles. The Bertz CT molecular complexity index is 478. The predicted molar refractivity (Wildman–Crippen MR) is 78.7 cm³/mol. The quantitative estimate of drug-likeness (QED) is 0.860. The van der Waals surface area contributed by atoms with Crippen LogP contribution in [-0.4, -0.2) is 29.8 Å². The van der Waals surface area contributed by atoms with Crippen molar-refractivity contribution < 1.29 is 13.7 Å². The Morgan fingerprint density at radius 1 is 1.25 bits per heavy atom. The molecule has 20 heavy (non-hydrogen) atoms. The molecule has 0 amide bonds. The predicted octanol–water partition coefficient (Wildman–Crippen LogP) is 2.34. The second kappa shape index (κ2) is 5.33. The van der Waals surface area contributed by atoms with Crippen molar-refractivity contribution in [2.45, 2.75) is 52.2 Å². The second-order valence-electron chi connectivity index (χ2n) is 6.07. The maximum absolute atomic E-state index is 14.2. The first-order valence-corrected chi connectivity index (χ1v) is 7.02. The molecule has 0 atom stereocenters. The van der Waals surface area contributed by atoms with Crippen LogP contribution in [0.2, 0.25) is 0 Å². The highest BCUT2D eigenvalue weighted by atomic mass is 19.1. The maximum atomic E-state index is 14.2. The average Bonchev–Trinajstić information content (AvgIpc) is 2.55. The Labute approximate surface area is 120 Å². The van der Waals surface area contributed by atoms with Gasteiger partial charge in [-0.3, -0.25) is 0 Å². The highest BCUT2D eigenvalue weighted by molar-refractivity contribution is 6.63. The van der Waals surface area contributed by atoms with Crippen molar-refractivity contribution in [3.8, 4) is 0 Å². The van der Waals surface area contributed by atoms with Crippen molar-refractivity contribution in [1.82, 2.24) is 4.98 Å². The highest BCUT2D eigenvalue weighted by Gasteiger charge is 2.53. The van der Waals surface area contributed by atoms with Gasteiger partial charge in [-0.05, 0) is 40.2 Å². The van der Waals surface area contributed by atoms with Crippen LogP contribution >= 0.6 is 0 Å². The SMILES string of the molecule is CCCNc1nccc(F)c1B1OC(C)(C)C(C)(C)O1. The molecule has 1 N–H and O–H groups in total. The molecule has 110 valence electrons. The van der Waals surface area contributed by atoms with E-state index in [2.05, 4.69) is 10.3 Å². The van der Waals surface area contributed by atoms with Crippen LogP contribution in [-0.2, 0) is 9.31 Å². The Balaban J connectivity index is 2.34. The number of hydrogen-bond donors (Lipinski definition) is 1. The minimum absolute atomic E-state index is 0.347. The van der Waals surface area contributed by atoms with Gasteiger partial charge in [0, 0.05) is 12.7 Å². The van der Waals surface area contributed by atoms with Crippen molar-refractivity contribution in [3.63, 3.8) is 0 Å². The fourth-order valence-electron chi connectivity index (χ4n) is 2.02. The third-order valence-electron chi connectivity index (χ3n) is 3.97. The van der Waals surface area contributed by atoms with E-state index in [1.165, 1.54) is 12.3 Å². The monoisotopic (exact) mass is 280 g/mol. The van der Waals surface area contributed by atoms with Crippen LogP contribution in [0.25, 0.3) is 0 Å². The summed E-state index contributed by atoms with van der Waals surface area (Å²) < 4.78 is 26.0. The van der Waals surface area contributed by atoms with Gasteiger partial charge in [-0.1, -0.05) is 6.92 Å². The topological polar surface area (TPSA) is 43.4 Å². The number of nitrogens with one attached hydrogen (secondary N) is 1. The number of hydrogen-bond acceptors (Lipinski definition) is 4. The van der Waals surface area contributed by atoms with Gasteiger partial charge >= 0.3 is 7.12 Å². The van der Waals surface area contributed by atoms with E-state index in [0.29, 0.717) is 11.3 Å². The molecule has 0 spiro atoms. The molecule has 0 unspecified atom stereocenters. The summed E-state index contributed by atoms with van der Waals surface area (Å²) in [5, 5.41) is 3.12. The summed E-state index contributed by atoms with van der Waals surface area (Å²) in [5.41, 5.74) is -0.649. The van der Waals surface area contributed by atoms with Gasteiger partial charge in [-0.25, -0.2) is 9.37 Å². The van der Waals surface area contributed by atoms with Gasteiger partial charge in [0.05, 0.1) is 16.7 Å². The van der Waals surface area contributed by atoms with Crippen molar-refractivity contribution >= 4 is 18.4 Å². The summed E-state index contributed by atoms with van der Waals surface area (Å²) in [6.45, 7) is 10.5. The van der Waals surface area contributed by atoms with E-state index >= 15 is 0 Å². The van der Waals surface area contributed by atoms with Crippen LogP contribution in [0.1, 0.15) is 41.0 Å². The summed E-state index contributed by atoms with van der Waals surface area (Å²) in [4.78, 5) is 4.21. The van der Waals surface area contributed by atoms with E-state index in [9.17, 15) is 4.39 Å². The van der Waals surface area contributed by atoms with E-state index in [-0.39, 0.29) is 5.82 Å². The number of anilines is 1. The molecular formula is C14H22BFN2O2. The van der Waals surface area contributed by atoms with Gasteiger partial charge in [0.1, 0.15) is 11.6 Å². The Kier molecular flexibility index (Phi) is 4.07. The largest absolute Gasteiger partial charge is 0.501 e. The molecule has 0 aromatic carbocycles. The number of aromatic nitrogens is 1. The summed E-state index contributed by atoms with van der Waals surface area (Å²) in [6.07, 6.45) is 2.38. The molecule has 1 aromatic heterocycles. The zero-order valence-electron chi connectivity index (χ0n) is 12.8. The Hall–Kier alpha value is -1.14. The van der Waals surface area contributed by atoms with Crippen LogP contribution in [0.15, 0.2) is 12.3 Å². The van der Waals surface area contributed by atoms with Crippen molar-refractivity contribution in [1.29, 1.82) is 0 Å². The molecule has 0 radical (unpaired) electrons. The second-order valence-corrected chi connectivity index (χ2v) is 6.07. The molecule has 0 bridgehead atoms. The number of halogens is 1. The average molecular weight is 280 g/mol. The zero-order valence-corrected chi connectivity index (χ0v) is 12.8. The standard InChI is InChI=1S/C14H22BFN2O2/c1-6-8-17-12-11(10(16)7-9-18-12)15-19-13(2,3)14(4,5)20-15/h7,9H,6,8H2,1-5H3,(H,17,18). The lowest BCUT2D eigenvalue weighted by Crippen LogP contribution is -2.41. The molecule has 2 heterocycles.